The molecule has 0 bridgehead atoms. The minimum Gasteiger partial charge on any atom is -0.481 e. The summed E-state index contributed by atoms with van der Waals surface area (Å²) < 4.78 is 31.1. The molecule has 0 amide bonds. The van der Waals surface area contributed by atoms with E-state index in [0.29, 0.717) is 11.4 Å². The van der Waals surface area contributed by atoms with Crippen molar-refractivity contribution >= 4 is 15.7 Å². The number of sulfonamides is 1. The van der Waals surface area contributed by atoms with Gasteiger partial charge in [-0.2, -0.15) is 0 Å². The molecule has 3 aromatic carbocycles. The Morgan fingerprint density at radius 3 is 2.15 bits per heavy atom. The molecule has 0 aromatic heterocycles. The van der Waals surface area contributed by atoms with Crippen LogP contribution in [0.4, 0.5) is 0 Å². The van der Waals surface area contributed by atoms with Gasteiger partial charge in [0.25, 0.3) is 10.0 Å². The van der Waals surface area contributed by atoms with Crippen molar-refractivity contribution in [3.05, 3.63) is 102 Å². The number of hydrogen-bond acceptors (Lipinski definition) is 4. The number of para-hydroxylation sites is 1. The molecule has 1 atom stereocenters. The maximum atomic E-state index is 12.5. The second-order valence-electron chi connectivity index (χ2n) is 6.07. The minimum absolute atomic E-state index is 0.193. The zero-order chi connectivity index (χ0) is 18.7. The Morgan fingerprint density at radius 1 is 0.778 bits per heavy atom. The summed E-state index contributed by atoms with van der Waals surface area (Å²) >= 11 is 0. The van der Waals surface area contributed by atoms with Gasteiger partial charge < -0.3 is 10.2 Å². The number of rotatable bonds is 5. The Morgan fingerprint density at radius 2 is 1.41 bits per heavy atom. The van der Waals surface area contributed by atoms with E-state index in [-0.39, 0.29) is 11.0 Å². The van der Waals surface area contributed by atoms with Crippen LogP contribution in [0.2, 0.25) is 0 Å². The summed E-state index contributed by atoms with van der Waals surface area (Å²) in [6, 6.07) is 25.5. The van der Waals surface area contributed by atoms with E-state index in [0.717, 1.165) is 11.1 Å². The molecule has 0 saturated carbocycles. The van der Waals surface area contributed by atoms with E-state index in [4.69, 9.17) is 4.74 Å². The SMILES string of the molecule is O=S(=O)(NNC1=C[C@@H](c2ccccc2)Oc2ccccc21)c1ccccc1. The summed E-state index contributed by atoms with van der Waals surface area (Å²) in [6.07, 6.45) is 1.55. The van der Waals surface area contributed by atoms with Gasteiger partial charge in [-0.05, 0) is 35.9 Å². The number of fused-ring (bicyclic) bond motifs is 1. The lowest BCUT2D eigenvalue weighted by Crippen LogP contribution is -2.37. The molecule has 1 heterocycles. The quantitative estimate of drug-likeness (QED) is 0.665. The fraction of sp³-hybridized carbons (Fsp3) is 0.0476. The average Bonchev–Trinajstić information content (AvgIpc) is 2.73. The summed E-state index contributed by atoms with van der Waals surface area (Å²) in [4.78, 5) is 2.65. The van der Waals surface area contributed by atoms with Gasteiger partial charge in [0.15, 0.2) is 0 Å². The zero-order valence-corrected chi connectivity index (χ0v) is 15.2. The van der Waals surface area contributed by atoms with Gasteiger partial charge >= 0.3 is 0 Å². The summed E-state index contributed by atoms with van der Waals surface area (Å²) in [5, 5.41) is 0. The molecule has 0 spiro atoms. The van der Waals surface area contributed by atoms with E-state index in [9.17, 15) is 8.42 Å². The van der Waals surface area contributed by atoms with Crippen LogP contribution in [0.5, 0.6) is 5.75 Å². The fourth-order valence-corrected chi connectivity index (χ4v) is 3.78. The van der Waals surface area contributed by atoms with E-state index in [1.807, 2.05) is 60.7 Å². The number of nitrogens with one attached hydrogen (secondary N) is 2. The van der Waals surface area contributed by atoms with Crippen molar-refractivity contribution in [2.24, 2.45) is 0 Å². The maximum absolute atomic E-state index is 12.5. The third-order valence-electron chi connectivity index (χ3n) is 4.25. The Balaban J connectivity index is 1.63. The van der Waals surface area contributed by atoms with Crippen molar-refractivity contribution in [3.63, 3.8) is 0 Å². The largest absolute Gasteiger partial charge is 0.481 e. The highest BCUT2D eigenvalue weighted by Crippen LogP contribution is 2.35. The second kappa shape index (κ2) is 7.26. The third kappa shape index (κ3) is 3.72. The molecule has 6 heteroatoms. The zero-order valence-electron chi connectivity index (χ0n) is 14.4. The first-order chi connectivity index (χ1) is 13.1. The van der Waals surface area contributed by atoms with Gasteiger partial charge in [0.1, 0.15) is 11.9 Å². The first-order valence-corrected chi connectivity index (χ1v) is 9.97. The smallest absolute Gasteiger partial charge is 0.257 e. The monoisotopic (exact) mass is 378 g/mol. The minimum atomic E-state index is -3.69. The maximum Gasteiger partial charge on any atom is 0.257 e. The van der Waals surface area contributed by atoms with Crippen LogP contribution in [0.15, 0.2) is 95.9 Å². The van der Waals surface area contributed by atoms with Crippen LogP contribution in [0.1, 0.15) is 17.2 Å². The van der Waals surface area contributed by atoms with Gasteiger partial charge in [-0.1, -0.05) is 60.7 Å². The molecule has 2 N–H and O–H groups in total. The Kier molecular flexibility index (Phi) is 4.66. The molecule has 4 rings (SSSR count). The standard InChI is InChI=1S/C21H18N2O3S/c24-27(25,17-11-5-2-6-12-17)23-22-19-15-21(16-9-3-1-4-10-16)26-20-14-8-7-13-18(19)20/h1-15,21-23H/t21-/m0/s1. The predicted molar refractivity (Wildman–Crippen MR) is 104 cm³/mol. The van der Waals surface area contributed by atoms with Crippen molar-refractivity contribution in [1.82, 2.24) is 10.3 Å². The summed E-state index contributed by atoms with van der Waals surface area (Å²) in [6.45, 7) is 0. The van der Waals surface area contributed by atoms with Crippen molar-refractivity contribution in [1.29, 1.82) is 0 Å². The van der Waals surface area contributed by atoms with Gasteiger partial charge in [-0.15, -0.1) is 4.83 Å². The van der Waals surface area contributed by atoms with E-state index >= 15 is 0 Å². The van der Waals surface area contributed by atoms with Gasteiger partial charge in [0, 0.05) is 5.56 Å². The second-order valence-corrected chi connectivity index (χ2v) is 7.75. The Labute approximate surface area is 158 Å². The highest BCUT2D eigenvalue weighted by atomic mass is 32.2. The average molecular weight is 378 g/mol. The summed E-state index contributed by atoms with van der Waals surface area (Å²) in [5.74, 6) is 0.690. The number of benzene rings is 3. The molecule has 0 radical (unpaired) electrons. The molecule has 5 nitrogen and oxygen atoms in total. The van der Waals surface area contributed by atoms with Gasteiger partial charge in [-0.25, -0.2) is 8.42 Å². The summed E-state index contributed by atoms with van der Waals surface area (Å²) in [5.41, 5.74) is 5.28. The Bertz CT molecular complexity index is 1060. The van der Waals surface area contributed by atoms with Crippen LogP contribution >= 0.6 is 0 Å². The third-order valence-corrected chi connectivity index (χ3v) is 5.51. The molecular weight excluding hydrogens is 360 g/mol. The fourth-order valence-electron chi connectivity index (χ4n) is 2.90. The molecular formula is C21H18N2O3S. The molecule has 0 unspecified atom stereocenters. The van der Waals surface area contributed by atoms with Crippen molar-refractivity contribution in [2.45, 2.75) is 11.0 Å². The number of hydrogen-bond donors (Lipinski definition) is 2. The summed E-state index contributed by atoms with van der Waals surface area (Å²) in [7, 11) is -3.69. The van der Waals surface area contributed by atoms with Gasteiger partial charge in [-0.3, -0.25) is 0 Å². The van der Waals surface area contributed by atoms with Crippen molar-refractivity contribution in [2.75, 3.05) is 0 Å². The van der Waals surface area contributed by atoms with Crippen LogP contribution in [0.25, 0.3) is 5.70 Å². The lowest BCUT2D eigenvalue weighted by atomic mass is 10.0. The normalized spacial score (nSPS) is 16.0. The topological polar surface area (TPSA) is 67.4 Å². The number of hydrazine groups is 1. The molecule has 1 aliphatic heterocycles. The molecule has 0 fully saturated rings. The van der Waals surface area contributed by atoms with Crippen molar-refractivity contribution in [3.8, 4) is 5.75 Å². The van der Waals surface area contributed by atoms with Crippen LogP contribution in [-0.2, 0) is 10.0 Å². The van der Waals surface area contributed by atoms with Crippen LogP contribution in [0.3, 0.4) is 0 Å². The molecule has 27 heavy (non-hydrogen) atoms. The molecule has 136 valence electrons. The van der Waals surface area contributed by atoms with E-state index in [1.165, 1.54) is 0 Å². The highest BCUT2D eigenvalue weighted by Gasteiger charge is 2.23. The Hall–Kier alpha value is -3.09. The lowest BCUT2D eigenvalue weighted by molar-refractivity contribution is 0.249. The van der Waals surface area contributed by atoms with Gasteiger partial charge in [0.05, 0.1) is 10.6 Å². The molecule has 0 saturated heterocycles. The predicted octanol–water partition coefficient (Wildman–Crippen LogP) is 3.64. The first-order valence-electron chi connectivity index (χ1n) is 8.49. The van der Waals surface area contributed by atoms with Crippen LogP contribution < -0.4 is 15.0 Å². The van der Waals surface area contributed by atoms with E-state index < -0.39 is 10.0 Å². The number of ether oxygens (including phenoxy) is 1. The highest BCUT2D eigenvalue weighted by molar-refractivity contribution is 7.89. The molecule has 1 aliphatic rings. The first kappa shape index (κ1) is 17.3. The van der Waals surface area contributed by atoms with Gasteiger partial charge in [0.2, 0.25) is 0 Å². The molecule has 0 aliphatic carbocycles. The van der Waals surface area contributed by atoms with Crippen LogP contribution in [0, 0.1) is 0 Å². The van der Waals surface area contributed by atoms with Crippen LogP contribution in [-0.4, -0.2) is 8.42 Å². The lowest BCUT2D eigenvalue weighted by Gasteiger charge is -2.26. The van der Waals surface area contributed by atoms with E-state index in [1.54, 1.807) is 30.3 Å². The van der Waals surface area contributed by atoms with Crippen molar-refractivity contribution < 1.29 is 13.2 Å². The molecule has 3 aromatic rings. The van der Waals surface area contributed by atoms with E-state index in [2.05, 4.69) is 10.3 Å².